The first kappa shape index (κ1) is 18.3. The van der Waals surface area contributed by atoms with Crippen LogP contribution in [0.15, 0.2) is 72.8 Å². The second-order valence-corrected chi connectivity index (χ2v) is 8.44. The van der Waals surface area contributed by atoms with Gasteiger partial charge >= 0.3 is 0 Å². The van der Waals surface area contributed by atoms with E-state index in [9.17, 15) is 13.5 Å². The zero-order valence-electron chi connectivity index (χ0n) is 15.1. The standard InChI is InChI=1S/C22H20N2O3S/c23-12-13-28(26,27)24-21-14-20(22(25)19-10-4-3-9-18(19)21)17-11-5-7-15-6-1-2-8-16(15)17/h1-11,14,24-25H,12-13,23H2. The Morgan fingerprint density at radius 2 is 1.46 bits per heavy atom. The van der Waals surface area contributed by atoms with E-state index in [1.807, 2.05) is 48.5 Å². The molecule has 4 aromatic rings. The van der Waals surface area contributed by atoms with E-state index in [1.54, 1.807) is 24.3 Å². The molecule has 0 saturated heterocycles. The highest BCUT2D eigenvalue weighted by Crippen LogP contribution is 2.42. The SMILES string of the molecule is NCCS(=O)(=O)Nc1cc(-c2cccc3ccccc23)c(O)c2ccccc12. The van der Waals surface area contributed by atoms with Crippen molar-refractivity contribution in [3.63, 3.8) is 0 Å². The maximum Gasteiger partial charge on any atom is 0.233 e. The Labute approximate surface area is 163 Å². The summed E-state index contributed by atoms with van der Waals surface area (Å²) >= 11 is 0. The van der Waals surface area contributed by atoms with Crippen LogP contribution in [-0.4, -0.2) is 25.8 Å². The van der Waals surface area contributed by atoms with E-state index in [2.05, 4.69) is 4.72 Å². The monoisotopic (exact) mass is 392 g/mol. The highest BCUT2D eigenvalue weighted by atomic mass is 32.2. The van der Waals surface area contributed by atoms with Gasteiger partial charge in [0.2, 0.25) is 10.0 Å². The first-order valence-corrected chi connectivity index (χ1v) is 10.6. The van der Waals surface area contributed by atoms with Crippen LogP contribution in [0, 0.1) is 0 Å². The van der Waals surface area contributed by atoms with E-state index in [0.717, 1.165) is 16.3 Å². The molecule has 0 heterocycles. The molecule has 0 aliphatic carbocycles. The molecule has 0 spiro atoms. The number of anilines is 1. The van der Waals surface area contributed by atoms with Gasteiger partial charge in [-0.3, -0.25) is 4.72 Å². The molecule has 5 nitrogen and oxygen atoms in total. The van der Waals surface area contributed by atoms with Gasteiger partial charge in [-0.2, -0.15) is 0 Å². The molecule has 4 rings (SSSR count). The molecule has 0 saturated carbocycles. The molecule has 0 atom stereocenters. The normalized spacial score (nSPS) is 11.8. The number of phenols is 1. The van der Waals surface area contributed by atoms with Crippen LogP contribution in [0.5, 0.6) is 5.75 Å². The average Bonchev–Trinajstić information content (AvgIpc) is 2.70. The van der Waals surface area contributed by atoms with Crippen LogP contribution in [0.25, 0.3) is 32.7 Å². The third kappa shape index (κ3) is 3.28. The number of aromatic hydroxyl groups is 1. The van der Waals surface area contributed by atoms with E-state index in [4.69, 9.17) is 5.73 Å². The summed E-state index contributed by atoms with van der Waals surface area (Å²) in [5.74, 6) is -0.0556. The van der Waals surface area contributed by atoms with Gasteiger partial charge in [0.05, 0.1) is 11.4 Å². The Balaban J connectivity index is 2.01. The molecule has 0 unspecified atom stereocenters. The molecule has 4 N–H and O–H groups in total. The van der Waals surface area contributed by atoms with Gasteiger partial charge in [0.15, 0.2) is 0 Å². The lowest BCUT2D eigenvalue weighted by atomic mass is 9.94. The van der Waals surface area contributed by atoms with Gasteiger partial charge in [0.25, 0.3) is 0 Å². The predicted molar refractivity (Wildman–Crippen MR) is 115 cm³/mol. The van der Waals surface area contributed by atoms with Crippen LogP contribution in [0.3, 0.4) is 0 Å². The summed E-state index contributed by atoms with van der Waals surface area (Å²) in [6.45, 7) is 0.0293. The Morgan fingerprint density at radius 1 is 0.821 bits per heavy atom. The van der Waals surface area contributed by atoms with Crippen molar-refractivity contribution in [1.29, 1.82) is 0 Å². The van der Waals surface area contributed by atoms with Crippen LogP contribution in [0.2, 0.25) is 0 Å². The molecule has 6 heteroatoms. The summed E-state index contributed by atoms with van der Waals surface area (Å²) in [5, 5.41) is 14.2. The highest BCUT2D eigenvalue weighted by Gasteiger charge is 2.17. The summed E-state index contributed by atoms with van der Waals surface area (Å²) in [5.41, 5.74) is 7.25. The molecular formula is C22H20N2O3S. The smallest absolute Gasteiger partial charge is 0.233 e. The Morgan fingerprint density at radius 3 is 2.21 bits per heavy atom. The van der Waals surface area contributed by atoms with E-state index < -0.39 is 10.0 Å². The van der Waals surface area contributed by atoms with Crippen molar-refractivity contribution in [1.82, 2.24) is 0 Å². The quantitative estimate of drug-likeness (QED) is 0.447. The minimum Gasteiger partial charge on any atom is -0.507 e. The molecule has 0 radical (unpaired) electrons. The highest BCUT2D eigenvalue weighted by molar-refractivity contribution is 7.92. The lowest BCUT2D eigenvalue weighted by Gasteiger charge is -2.16. The number of nitrogens with two attached hydrogens (primary N) is 1. The van der Waals surface area contributed by atoms with Gasteiger partial charge in [-0.15, -0.1) is 0 Å². The van der Waals surface area contributed by atoms with Gasteiger partial charge in [-0.05, 0) is 22.4 Å². The second-order valence-electron chi connectivity index (χ2n) is 6.60. The molecule has 142 valence electrons. The van der Waals surface area contributed by atoms with Crippen molar-refractivity contribution in [2.24, 2.45) is 5.73 Å². The average molecular weight is 392 g/mol. The minimum absolute atomic E-state index is 0.0293. The largest absolute Gasteiger partial charge is 0.507 e. The van der Waals surface area contributed by atoms with Gasteiger partial charge in [-0.1, -0.05) is 66.7 Å². The second kappa shape index (κ2) is 7.14. The maximum atomic E-state index is 12.3. The number of phenolic OH excluding ortho intramolecular Hbond substituents is 1. The van der Waals surface area contributed by atoms with Crippen molar-refractivity contribution in [2.75, 3.05) is 17.0 Å². The predicted octanol–water partition coefficient (Wildman–Crippen LogP) is 4.07. The van der Waals surface area contributed by atoms with Crippen LogP contribution < -0.4 is 10.5 Å². The number of benzene rings is 4. The van der Waals surface area contributed by atoms with Crippen LogP contribution >= 0.6 is 0 Å². The third-order valence-corrected chi connectivity index (χ3v) is 6.05. The van der Waals surface area contributed by atoms with Gasteiger partial charge in [0.1, 0.15) is 5.75 Å². The first-order valence-electron chi connectivity index (χ1n) is 8.93. The molecule has 4 aromatic carbocycles. The van der Waals surface area contributed by atoms with Crippen molar-refractivity contribution in [3.8, 4) is 16.9 Å². The fraction of sp³-hybridized carbons (Fsp3) is 0.0909. The molecule has 0 bridgehead atoms. The van der Waals surface area contributed by atoms with Crippen LogP contribution in [0.4, 0.5) is 5.69 Å². The Bertz CT molecular complexity index is 1280. The first-order chi connectivity index (χ1) is 13.5. The molecule has 0 fully saturated rings. The van der Waals surface area contributed by atoms with Gasteiger partial charge < -0.3 is 10.8 Å². The van der Waals surface area contributed by atoms with Crippen LogP contribution in [0.1, 0.15) is 0 Å². The van der Waals surface area contributed by atoms with E-state index >= 15 is 0 Å². The Kier molecular flexibility index (Phi) is 4.66. The van der Waals surface area contributed by atoms with Crippen molar-refractivity contribution in [3.05, 3.63) is 72.8 Å². The number of fused-ring (bicyclic) bond motifs is 2. The maximum absolute atomic E-state index is 12.3. The number of rotatable bonds is 5. The van der Waals surface area contributed by atoms with Crippen molar-refractivity contribution < 1.29 is 13.5 Å². The topological polar surface area (TPSA) is 92.4 Å². The zero-order valence-corrected chi connectivity index (χ0v) is 15.9. The number of sulfonamides is 1. The van der Waals surface area contributed by atoms with E-state index in [-0.39, 0.29) is 18.0 Å². The number of hydrogen-bond acceptors (Lipinski definition) is 4. The number of hydrogen-bond donors (Lipinski definition) is 3. The fourth-order valence-electron chi connectivity index (χ4n) is 3.48. The van der Waals surface area contributed by atoms with Gasteiger partial charge in [0, 0.05) is 22.9 Å². The molecular weight excluding hydrogens is 372 g/mol. The molecule has 28 heavy (non-hydrogen) atoms. The molecule has 0 aromatic heterocycles. The summed E-state index contributed by atoms with van der Waals surface area (Å²) in [6.07, 6.45) is 0. The fourth-order valence-corrected chi connectivity index (χ4v) is 4.40. The van der Waals surface area contributed by atoms with E-state index in [0.29, 0.717) is 22.0 Å². The van der Waals surface area contributed by atoms with Crippen LogP contribution in [-0.2, 0) is 10.0 Å². The van der Waals surface area contributed by atoms with E-state index in [1.165, 1.54) is 0 Å². The summed E-state index contributed by atoms with van der Waals surface area (Å²) in [7, 11) is -3.59. The summed E-state index contributed by atoms with van der Waals surface area (Å²) in [4.78, 5) is 0. The molecule has 0 aliphatic heterocycles. The zero-order chi connectivity index (χ0) is 19.7. The van der Waals surface area contributed by atoms with Crippen molar-refractivity contribution >= 4 is 37.3 Å². The summed E-state index contributed by atoms with van der Waals surface area (Å²) < 4.78 is 27.3. The Hall–Kier alpha value is -3.09. The summed E-state index contributed by atoms with van der Waals surface area (Å²) in [6, 6.07) is 22.6. The van der Waals surface area contributed by atoms with Gasteiger partial charge in [-0.25, -0.2) is 8.42 Å². The third-order valence-electron chi connectivity index (χ3n) is 4.75. The van der Waals surface area contributed by atoms with Crippen molar-refractivity contribution in [2.45, 2.75) is 0 Å². The molecule has 0 amide bonds. The lowest BCUT2D eigenvalue weighted by molar-refractivity contribution is 0.483. The minimum atomic E-state index is -3.59. The molecule has 0 aliphatic rings. The number of nitrogens with one attached hydrogen (secondary N) is 1. The lowest BCUT2D eigenvalue weighted by Crippen LogP contribution is -2.22.